The topological polar surface area (TPSA) is 73.5 Å². The number of nitrogens with one attached hydrogen (secondary N) is 1. The Morgan fingerprint density at radius 1 is 1.12 bits per heavy atom. The van der Waals surface area contributed by atoms with E-state index in [1.54, 1.807) is 0 Å². The second-order valence-corrected chi connectivity index (χ2v) is 10.1. The van der Waals surface area contributed by atoms with E-state index in [1.165, 1.54) is 12.8 Å². The van der Waals surface area contributed by atoms with Gasteiger partial charge < -0.3 is 9.88 Å². The van der Waals surface area contributed by atoms with Crippen molar-refractivity contribution in [1.29, 1.82) is 0 Å². The molecule has 0 unspecified atom stereocenters. The number of hydrogen-bond acceptors (Lipinski definition) is 4. The number of piperazine rings is 1. The number of aromatic amines is 1. The van der Waals surface area contributed by atoms with E-state index >= 15 is 0 Å². The summed E-state index contributed by atoms with van der Waals surface area (Å²) in [6, 6.07) is 7.31. The maximum absolute atomic E-state index is 13.2. The molecular formula is C19H23N3O3S. The maximum atomic E-state index is 13.2. The van der Waals surface area contributed by atoms with Crippen LogP contribution in [-0.2, 0) is 9.84 Å². The summed E-state index contributed by atoms with van der Waals surface area (Å²) in [6.45, 7) is 2.35. The van der Waals surface area contributed by atoms with Gasteiger partial charge in [0.05, 0.1) is 17.5 Å². The minimum atomic E-state index is -3.09. The molecule has 1 aliphatic carbocycles. The number of aromatic nitrogens is 1. The molecule has 1 aromatic carbocycles. The molecule has 2 atom stereocenters. The van der Waals surface area contributed by atoms with Crippen LogP contribution in [0.5, 0.6) is 0 Å². The summed E-state index contributed by atoms with van der Waals surface area (Å²) in [5.74, 6) is 0.950. The molecule has 26 heavy (non-hydrogen) atoms. The van der Waals surface area contributed by atoms with E-state index in [9.17, 15) is 13.2 Å². The number of hydrogen-bond donors (Lipinski definition) is 1. The van der Waals surface area contributed by atoms with Crippen LogP contribution in [0.3, 0.4) is 0 Å². The largest absolute Gasteiger partial charge is 0.361 e. The third kappa shape index (κ3) is 2.83. The van der Waals surface area contributed by atoms with Crippen LogP contribution in [0.4, 0.5) is 0 Å². The Hall–Kier alpha value is -1.86. The average Bonchev–Trinajstić information content (AvgIpc) is 3.18. The second-order valence-electron chi connectivity index (χ2n) is 7.93. The smallest absolute Gasteiger partial charge is 0.254 e. The van der Waals surface area contributed by atoms with E-state index in [-0.39, 0.29) is 29.5 Å². The highest BCUT2D eigenvalue weighted by Crippen LogP contribution is 2.34. The molecule has 7 heteroatoms. The number of nitrogens with zero attached hydrogens (tertiary/aromatic N) is 2. The van der Waals surface area contributed by atoms with Crippen LogP contribution in [0.15, 0.2) is 30.5 Å². The lowest BCUT2D eigenvalue weighted by Gasteiger charge is -2.44. The van der Waals surface area contributed by atoms with Crippen LogP contribution in [0.2, 0.25) is 0 Å². The van der Waals surface area contributed by atoms with Crippen molar-refractivity contribution in [1.82, 2.24) is 14.8 Å². The molecule has 0 radical (unpaired) electrons. The van der Waals surface area contributed by atoms with Gasteiger partial charge in [-0.3, -0.25) is 9.69 Å². The third-order valence-corrected chi connectivity index (χ3v) is 7.74. The Bertz CT molecular complexity index is 963. The summed E-state index contributed by atoms with van der Waals surface area (Å²) in [4.78, 5) is 20.4. The lowest BCUT2D eigenvalue weighted by atomic mass is 10.0. The fourth-order valence-electron chi connectivity index (χ4n) is 4.49. The van der Waals surface area contributed by atoms with Crippen molar-refractivity contribution in [3.05, 3.63) is 36.0 Å². The van der Waals surface area contributed by atoms with Crippen LogP contribution in [0, 0.1) is 5.92 Å². The zero-order valence-corrected chi connectivity index (χ0v) is 15.4. The molecule has 2 saturated heterocycles. The summed E-state index contributed by atoms with van der Waals surface area (Å²) >= 11 is 0. The molecule has 3 fully saturated rings. The zero-order chi connectivity index (χ0) is 17.9. The number of sulfone groups is 1. The van der Waals surface area contributed by atoms with Crippen molar-refractivity contribution in [2.24, 2.45) is 5.92 Å². The molecular weight excluding hydrogens is 350 g/mol. The molecule has 1 N–H and O–H groups in total. The van der Waals surface area contributed by atoms with Gasteiger partial charge >= 0.3 is 0 Å². The summed E-state index contributed by atoms with van der Waals surface area (Å²) in [7, 11) is -3.09. The lowest BCUT2D eigenvalue weighted by Crippen LogP contribution is -2.60. The van der Waals surface area contributed by atoms with Crippen LogP contribution in [0.1, 0.15) is 23.2 Å². The zero-order valence-electron chi connectivity index (χ0n) is 14.6. The highest BCUT2D eigenvalue weighted by Gasteiger charge is 2.48. The minimum Gasteiger partial charge on any atom is -0.361 e. The summed E-state index contributed by atoms with van der Waals surface area (Å²) in [5.41, 5.74) is 1.63. The van der Waals surface area contributed by atoms with Crippen molar-refractivity contribution in [2.45, 2.75) is 24.9 Å². The molecule has 0 bridgehead atoms. The molecule has 5 rings (SSSR count). The minimum absolute atomic E-state index is 0.0470. The molecule has 3 aliphatic rings. The first-order chi connectivity index (χ1) is 12.5. The maximum Gasteiger partial charge on any atom is 0.254 e. The van der Waals surface area contributed by atoms with E-state index in [4.69, 9.17) is 0 Å². The Kier molecular flexibility index (Phi) is 3.66. The van der Waals surface area contributed by atoms with Gasteiger partial charge in [0.25, 0.3) is 5.91 Å². The van der Waals surface area contributed by atoms with Crippen LogP contribution < -0.4 is 0 Å². The standard InChI is InChI=1S/C19H23N3O3S/c23-19(15-3-4-16-14(9-15)5-6-20-16)22-8-7-21(10-13-1-2-13)17-11-26(24,25)12-18(17)22/h3-6,9,13,17-18,20H,1-2,7-8,10-12H2/t17-,18+/m1/s1. The molecule has 2 aliphatic heterocycles. The third-order valence-electron chi connectivity index (χ3n) is 6.04. The number of H-pyrrole nitrogens is 1. The van der Waals surface area contributed by atoms with E-state index in [1.807, 2.05) is 35.4 Å². The molecule has 138 valence electrons. The Morgan fingerprint density at radius 2 is 1.92 bits per heavy atom. The Balaban J connectivity index is 1.43. The van der Waals surface area contributed by atoms with Gasteiger partial charge in [0, 0.05) is 48.3 Å². The fraction of sp³-hybridized carbons (Fsp3) is 0.526. The average molecular weight is 373 g/mol. The number of carbonyl (C=O) groups excluding carboxylic acids is 1. The van der Waals surface area contributed by atoms with Gasteiger partial charge in [-0.25, -0.2) is 8.42 Å². The van der Waals surface area contributed by atoms with Crippen molar-refractivity contribution < 1.29 is 13.2 Å². The van der Waals surface area contributed by atoms with Gasteiger partial charge in [-0.2, -0.15) is 0 Å². The van der Waals surface area contributed by atoms with Gasteiger partial charge in [0.1, 0.15) is 0 Å². The van der Waals surface area contributed by atoms with Gasteiger partial charge in [0.15, 0.2) is 9.84 Å². The number of fused-ring (bicyclic) bond motifs is 2. The summed E-state index contributed by atoms with van der Waals surface area (Å²) < 4.78 is 24.6. The first-order valence-corrected chi connectivity index (χ1v) is 11.1. The number of benzene rings is 1. The van der Waals surface area contributed by atoms with Crippen LogP contribution in [0.25, 0.3) is 10.9 Å². The molecule has 3 heterocycles. The van der Waals surface area contributed by atoms with Crippen LogP contribution in [-0.4, -0.2) is 72.3 Å². The molecule has 6 nitrogen and oxygen atoms in total. The second kappa shape index (κ2) is 5.82. The van der Waals surface area contributed by atoms with Crippen LogP contribution >= 0.6 is 0 Å². The van der Waals surface area contributed by atoms with Gasteiger partial charge in [-0.15, -0.1) is 0 Å². The first-order valence-electron chi connectivity index (χ1n) is 9.33. The Morgan fingerprint density at radius 3 is 2.73 bits per heavy atom. The van der Waals surface area contributed by atoms with Crippen molar-refractivity contribution in [2.75, 3.05) is 31.1 Å². The monoisotopic (exact) mass is 373 g/mol. The quantitative estimate of drug-likeness (QED) is 0.885. The molecule has 0 spiro atoms. The van der Waals surface area contributed by atoms with Gasteiger partial charge in [-0.05, 0) is 43.0 Å². The molecule has 2 aromatic rings. The Labute approximate surface area is 153 Å². The van der Waals surface area contributed by atoms with E-state index in [2.05, 4.69) is 9.88 Å². The molecule has 1 saturated carbocycles. The SMILES string of the molecule is O=C(c1ccc2[nH]ccc2c1)N1CCN(CC2CC2)[C@@H]2CS(=O)(=O)C[C@@H]21. The van der Waals surface area contributed by atoms with E-state index in [0.717, 1.165) is 29.9 Å². The lowest BCUT2D eigenvalue weighted by molar-refractivity contribution is 0.0318. The summed E-state index contributed by atoms with van der Waals surface area (Å²) in [5, 5.41) is 0.999. The van der Waals surface area contributed by atoms with Gasteiger partial charge in [-0.1, -0.05) is 0 Å². The highest BCUT2D eigenvalue weighted by molar-refractivity contribution is 7.91. The number of rotatable bonds is 3. The number of amides is 1. The van der Waals surface area contributed by atoms with Gasteiger partial charge in [0.2, 0.25) is 0 Å². The molecule has 1 amide bonds. The van der Waals surface area contributed by atoms with E-state index < -0.39 is 9.84 Å². The first kappa shape index (κ1) is 16.3. The fourth-order valence-corrected chi connectivity index (χ4v) is 6.50. The van der Waals surface area contributed by atoms with Crippen molar-refractivity contribution in [3.63, 3.8) is 0 Å². The summed E-state index contributed by atoms with van der Waals surface area (Å²) in [6.07, 6.45) is 4.36. The molecule has 1 aromatic heterocycles. The van der Waals surface area contributed by atoms with Crippen molar-refractivity contribution in [3.8, 4) is 0 Å². The predicted octanol–water partition coefficient (Wildman–Crippen LogP) is 1.50. The van der Waals surface area contributed by atoms with E-state index in [0.29, 0.717) is 12.1 Å². The number of carbonyl (C=O) groups is 1. The normalized spacial score (nSPS) is 28.4. The predicted molar refractivity (Wildman–Crippen MR) is 99.9 cm³/mol. The highest BCUT2D eigenvalue weighted by atomic mass is 32.2. The van der Waals surface area contributed by atoms with Crippen molar-refractivity contribution >= 4 is 26.6 Å².